The van der Waals surface area contributed by atoms with Gasteiger partial charge in [-0.15, -0.1) is 11.3 Å². The number of hydrogen-bond acceptors (Lipinski definition) is 3. The van der Waals surface area contributed by atoms with Crippen LogP contribution in [0, 0.1) is 0 Å². The van der Waals surface area contributed by atoms with Crippen molar-refractivity contribution in [1.82, 2.24) is 9.55 Å². The maximum absolute atomic E-state index is 10.7. The molecule has 0 bridgehead atoms. The van der Waals surface area contributed by atoms with Crippen molar-refractivity contribution >= 4 is 17.3 Å². The van der Waals surface area contributed by atoms with E-state index in [0.29, 0.717) is 0 Å². The average Bonchev–Trinajstić information content (AvgIpc) is 2.97. The van der Waals surface area contributed by atoms with E-state index < -0.39 is 5.97 Å². The van der Waals surface area contributed by atoms with Crippen molar-refractivity contribution < 1.29 is 9.90 Å². The molecule has 5 heteroatoms. The Morgan fingerprint density at radius 3 is 3.16 bits per heavy atom. The topological polar surface area (TPSA) is 55.1 Å². The van der Waals surface area contributed by atoms with Gasteiger partial charge >= 0.3 is 5.97 Å². The molecule has 19 heavy (non-hydrogen) atoms. The number of thiophene rings is 1. The van der Waals surface area contributed by atoms with Crippen LogP contribution in [0.25, 0.3) is 0 Å². The molecule has 1 aliphatic carbocycles. The van der Waals surface area contributed by atoms with E-state index >= 15 is 0 Å². The van der Waals surface area contributed by atoms with Gasteiger partial charge in [0.15, 0.2) is 0 Å². The van der Waals surface area contributed by atoms with Crippen LogP contribution in [0.15, 0.2) is 36.4 Å². The Balaban J connectivity index is 1.79. The summed E-state index contributed by atoms with van der Waals surface area (Å²) in [5, 5.41) is 8.81. The minimum absolute atomic E-state index is 0.788. The van der Waals surface area contributed by atoms with Gasteiger partial charge in [-0.1, -0.05) is 5.57 Å². The summed E-state index contributed by atoms with van der Waals surface area (Å²) >= 11 is 1.78. The van der Waals surface area contributed by atoms with E-state index in [1.807, 2.05) is 17.1 Å². The van der Waals surface area contributed by atoms with Crippen LogP contribution in [0.2, 0.25) is 0 Å². The fourth-order valence-corrected chi connectivity index (χ4v) is 3.70. The van der Waals surface area contributed by atoms with Crippen LogP contribution in [0.3, 0.4) is 0 Å². The van der Waals surface area contributed by atoms with Gasteiger partial charge in [0.2, 0.25) is 0 Å². The monoisotopic (exact) mass is 274 g/mol. The Labute approximate surface area is 115 Å². The Morgan fingerprint density at radius 1 is 1.53 bits per heavy atom. The molecule has 0 unspecified atom stereocenters. The van der Waals surface area contributed by atoms with Crippen molar-refractivity contribution in [3.8, 4) is 0 Å². The van der Waals surface area contributed by atoms with Crippen LogP contribution < -0.4 is 0 Å². The minimum Gasteiger partial charge on any atom is -0.478 e. The van der Waals surface area contributed by atoms with Crippen LogP contribution in [0.1, 0.15) is 21.7 Å². The molecule has 0 amide bonds. The molecule has 0 fully saturated rings. The summed E-state index contributed by atoms with van der Waals surface area (Å²) in [6.07, 6.45) is 9.51. The first-order chi connectivity index (χ1) is 9.20. The average molecular weight is 274 g/mol. The number of carboxylic acid groups (broad SMARTS) is 1. The Hall–Kier alpha value is -1.88. The van der Waals surface area contributed by atoms with Gasteiger partial charge in [-0.25, -0.2) is 9.78 Å². The number of carbonyl (C=O) groups is 1. The second-order valence-corrected chi connectivity index (χ2v) is 5.94. The summed E-state index contributed by atoms with van der Waals surface area (Å²) in [5.74, 6) is -0.839. The first kappa shape index (κ1) is 12.2. The highest BCUT2D eigenvalue weighted by Crippen LogP contribution is 2.32. The van der Waals surface area contributed by atoms with Gasteiger partial charge in [0, 0.05) is 34.6 Å². The van der Waals surface area contributed by atoms with Crippen molar-refractivity contribution in [2.45, 2.75) is 25.8 Å². The molecule has 3 rings (SSSR count). The minimum atomic E-state index is -0.839. The lowest BCUT2D eigenvalue weighted by atomic mass is 9.94. The van der Waals surface area contributed by atoms with Gasteiger partial charge in [0.05, 0.1) is 12.9 Å². The molecule has 2 aromatic rings. The highest BCUT2D eigenvalue weighted by Gasteiger charge is 2.17. The third-order valence-corrected chi connectivity index (χ3v) is 4.44. The fourth-order valence-electron chi connectivity index (χ4n) is 2.42. The van der Waals surface area contributed by atoms with Crippen molar-refractivity contribution in [3.63, 3.8) is 0 Å². The predicted octanol–water partition coefficient (Wildman–Crippen LogP) is 2.49. The quantitative estimate of drug-likeness (QED) is 0.875. The number of rotatable bonds is 3. The standard InChI is InChI=1S/C14H14N2O2S/c17-14(18)6-10-1-2-11-7-12(19-13(11)5-10)8-16-4-3-15-9-16/h3-4,6-7,9H,1-2,5,8H2,(H,17,18). The number of nitrogens with zero attached hydrogens (tertiary/aromatic N) is 2. The summed E-state index contributed by atoms with van der Waals surface area (Å²) in [4.78, 5) is 17.4. The van der Waals surface area contributed by atoms with Crippen LogP contribution in [-0.2, 0) is 24.2 Å². The normalized spacial score (nSPS) is 16.5. The zero-order chi connectivity index (χ0) is 13.2. The van der Waals surface area contributed by atoms with E-state index in [1.54, 1.807) is 17.5 Å². The first-order valence-corrected chi connectivity index (χ1v) is 7.01. The highest BCUT2D eigenvalue weighted by atomic mass is 32.1. The van der Waals surface area contributed by atoms with Crippen LogP contribution >= 0.6 is 11.3 Å². The Kier molecular flexibility index (Phi) is 3.21. The molecule has 4 nitrogen and oxygen atoms in total. The summed E-state index contributed by atoms with van der Waals surface area (Å²) in [7, 11) is 0. The SMILES string of the molecule is O=C(O)C=C1CCc2cc(Cn3ccnc3)sc2C1. The number of aliphatic carboxylic acids is 1. The number of carboxylic acids is 1. The summed E-state index contributed by atoms with van der Waals surface area (Å²) < 4.78 is 2.05. The maximum Gasteiger partial charge on any atom is 0.328 e. The van der Waals surface area contributed by atoms with E-state index in [0.717, 1.165) is 31.4 Å². The molecule has 0 aliphatic heterocycles. The lowest BCUT2D eigenvalue weighted by molar-refractivity contribution is -0.131. The molecule has 98 valence electrons. The molecule has 2 heterocycles. The van der Waals surface area contributed by atoms with Gasteiger partial charge in [-0.05, 0) is 24.5 Å². The van der Waals surface area contributed by atoms with Crippen LogP contribution in [0.5, 0.6) is 0 Å². The van der Waals surface area contributed by atoms with E-state index in [1.165, 1.54) is 21.4 Å². The fraction of sp³-hybridized carbons (Fsp3) is 0.286. The molecule has 1 N–H and O–H groups in total. The summed E-state index contributed by atoms with van der Waals surface area (Å²) in [6.45, 7) is 0.843. The highest BCUT2D eigenvalue weighted by molar-refractivity contribution is 7.12. The first-order valence-electron chi connectivity index (χ1n) is 6.19. The molecular formula is C14H14N2O2S. The van der Waals surface area contributed by atoms with Crippen molar-refractivity contribution in [2.24, 2.45) is 0 Å². The molecule has 0 saturated carbocycles. The lowest BCUT2D eigenvalue weighted by Crippen LogP contribution is -2.04. The largest absolute Gasteiger partial charge is 0.478 e. The number of aromatic nitrogens is 2. The molecule has 0 spiro atoms. The molecule has 2 aromatic heterocycles. The van der Waals surface area contributed by atoms with Gasteiger partial charge in [-0.2, -0.15) is 0 Å². The third-order valence-electron chi connectivity index (χ3n) is 3.28. The zero-order valence-electron chi connectivity index (χ0n) is 10.4. The number of fused-ring (bicyclic) bond motifs is 1. The lowest BCUT2D eigenvalue weighted by Gasteiger charge is -2.13. The molecule has 0 radical (unpaired) electrons. The Morgan fingerprint density at radius 2 is 2.42 bits per heavy atom. The van der Waals surface area contributed by atoms with Gasteiger partial charge in [0.1, 0.15) is 0 Å². The zero-order valence-corrected chi connectivity index (χ0v) is 11.2. The van der Waals surface area contributed by atoms with Crippen LogP contribution in [0.4, 0.5) is 0 Å². The number of hydrogen-bond donors (Lipinski definition) is 1. The molecule has 0 atom stereocenters. The molecule has 0 saturated heterocycles. The van der Waals surface area contributed by atoms with E-state index in [2.05, 4.69) is 11.1 Å². The number of aryl methyl sites for hydroxylation is 1. The third kappa shape index (κ3) is 2.76. The maximum atomic E-state index is 10.7. The molecular weight excluding hydrogens is 260 g/mol. The number of imidazole rings is 1. The van der Waals surface area contributed by atoms with Crippen LogP contribution in [-0.4, -0.2) is 20.6 Å². The van der Waals surface area contributed by atoms with Gasteiger partial charge in [0.25, 0.3) is 0 Å². The second-order valence-electron chi connectivity index (χ2n) is 4.71. The summed E-state index contributed by atoms with van der Waals surface area (Å²) in [6, 6.07) is 2.25. The van der Waals surface area contributed by atoms with Crippen molar-refractivity contribution in [2.75, 3.05) is 0 Å². The van der Waals surface area contributed by atoms with E-state index in [-0.39, 0.29) is 0 Å². The second kappa shape index (κ2) is 5.01. The smallest absolute Gasteiger partial charge is 0.328 e. The van der Waals surface area contributed by atoms with Crippen molar-refractivity contribution in [1.29, 1.82) is 0 Å². The molecule has 0 aromatic carbocycles. The molecule has 1 aliphatic rings. The van der Waals surface area contributed by atoms with Crippen molar-refractivity contribution in [3.05, 3.63) is 51.8 Å². The Bertz CT molecular complexity index is 626. The predicted molar refractivity (Wildman–Crippen MR) is 73.4 cm³/mol. The number of allylic oxidation sites excluding steroid dienone is 1. The van der Waals surface area contributed by atoms with Gasteiger partial charge in [-0.3, -0.25) is 0 Å². The summed E-state index contributed by atoms with van der Waals surface area (Å²) in [5.41, 5.74) is 2.40. The van der Waals surface area contributed by atoms with E-state index in [4.69, 9.17) is 5.11 Å². The van der Waals surface area contributed by atoms with Gasteiger partial charge < -0.3 is 9.67 Å². The van der Waals surface area contributed by atoms with E-state index in [9.17, 15) is 4.79 Å².